The third-order valence-electron chi connectivity index (χ3n) is 3.25. The summed E-state index contributed by atoms with van der Waals surface area (Å²) >= 11 is 1.35. The molecule has 0 spiro atoms. The first kappa shape index (κ1) is 15.6. The fourth-order valence-corrected chi connectivity index (χ4v) is 3.09. The SMILES string of the molecule is CCN(CC)Cc1sc(-c2ccc(F)cc2)nc1C(=O)O. The zero-order valence-electron chi connectivity index (χ0n) is 12.0. The monoisotopic (exact) mass is 308 g/mol. The molecular formula is C15H17FN2O2S. The molecule has 0 fully saturated rings. The second-order valence-corrected chi connectivity index (χ2v) is 5.65. The van der Waals surface area contributed by atoms with Gasteiger partial charge in [0.1, 0.15) is 10.8 Å². The molecular weight excluding hydrogens is 291 g/mol. The third-order valence-corrected chi connectivity index (χ3v) is 4.34. The maximum absolute atomic E-state index is 13.0. The minimum Gasteiger partial charge on any atom is -0.476 e. The Morgan fingerprint density at radius 3 is 2.43 bits per heavy atom. The van der Waals surface area contributed by atoms with Gasteiger partial charge in [0.05, 0.1) is 4.88 Å². The average Bonchev–Trinajstić information content (AvgIpc) is 2.89. The van der Waals surface area contributed by atoms with Gasteiger partial charge in [-0.25, -0.2) is 14.2 Å². The van der Waals surface area contributed by atoms with Crippen molar-refractivity contribution in [3.63, 3.8) is 0 Å². The van der Waals surface area contributed by atoms with Gasteiger partial charge in [-0.3, -0.25) is 4.90 Å². The summed E-state index contributed by atoms with van der Waals surface area (Å²) in [6.45, 7) is 6.32. The van der Waals surface area contributed by atoms with Crippen LogP contribution in [-0.2, 0) is 6.54 Å². The molecule has 6 heteroatoms. The minimum absolute atomic E-state index is 0.0891. The number of nitrogens with zero attached hydrogens (tertiary/aromatic N) is 2. The van der Waals surface area contributed by atoms with Gasteiger partial charge in [0, 0.05) is 12.1 Å². The van der Waals surface area contributed by atoms with E-state index in [1.54, 1.807) is 12.1 Å². The van der Waals surface area contributed by atoms with Crippen LogP contribution >= 0.6 is 11.3 Å². The smallest absolute Gasteiger partial charge is 0.355 e. The van der Waals surface area contributed by atoms with Crippen molar-refractivity contribution in [3.05, 3.63) is 40.7 Å². The quantitative estimate of drug-likeness (QED) is 0.887. The van der Waals surface area contributed by atoms with Crippen LogP contribution < -0.4 is 0 Å². The second-order valence-electron chi connectivity index (χ2n) is 4.56. The number of rotatable bonds is 6. The van der Waals surface area contributed by atoms with Gasteiger partial charge in [0.25, 0.3) is 0 Å². The van der Waals surface area contributed by atoms with Gasteiger partial charge in [0.2, 0.25) is 0 Å². The van der Waals surface area contributed by atoms with Crippen molar-refractivity contribution in [1.82, 2.24) is 9.88 Å². The summed E-state index contributed by atoms with van der Waals surface area (Å²) in [5.74, 6) is -1.35. The van der Waals surface area contributed by atoms with Gasteiger partial charge >= 0.3 is 5.97 Å². The van der Waals surface area contributed by atoms with Crippen molar-refractivity contribution >= 4 is 17.3 Å². The predicted octanol–water partition coefficient (Wildman–Crippen LogP) is 3.49. The Kier molecular flexibility index (Phi) is 5.03. The maximum atomic E-state index is 13.0. The van der Waals surface area contributed by atoms with E-state index in [9.17, 15) is 14.3 Å². The second kappa shape index (κ2) is 6.78. The Morgan fingerprint density at radius 2 is 1.90 bits per heavy atom. The average molecular weight is 308 g/mol. The van der Waals surface area contributed by atoms with Crippen LogP contribution in [0.1, 0.15) is 29.2 Å². The largest absolute Gasteiger partial charge is 0.476 e. The summed E-state index contributed by atoms with van der Waals surface area (Å²) in [6.07, 6.45) is 0. The zero-order chi connectivity index (χ0) is 15.4. The Bertz CT molecular complexity index is 621. The van der Waals surface area contributed by atoms with E-state index in [0.717, 1.165) is 23.5 Å². The van der Waals surface area contributed by atoms with Crippen LogP contribution in [0.4, 0.5) is 4.39 Å². The van der Waals surface area contributed by atoms with Gasteiger partial charge in [0.15, 0.2) is 5.69 Å². The number of aromatic carboxylic acids is 1. The first-order valence-corrected chi connectivity index (χ1v) is 7.58. The van der Waals surface area contributed by atoms with Gasteiger partial charge < -0.3 is 5.11 Å². The van der Waals surface area contributed by atoms with Crippen LogP contribution in [0.2, 0.25) is 0 Å². The number of aromatic nitrogens is 1. The van der Waals surface area contributed by atoms with Crippen molar-refractivity contribution in [3.8, 4) is 10.6 Å². The standard InChI is InChI=1S/C15H17FN2O2S/c1-3-18(4-2)9-12-13(15(19)20)17-14(21-12)10-5-7-11(16)8-6-10/h5-8H,3-4,9H2,1-2H3,(H,19,20). The van der Waals surface area contributed by atoms with Crippen LogP contribution in [0.25, 0.3) is 10.6 Å². The molecule has 0 aliphatic rings. The maximum Gasteiger partial charge on any atom is 0.355 e. The number of carboxylic acid groups (broad SMARTS) is 1. The summed E-state index contributed by atoms with van der Waals surface area (Å²) in [5, 5.41) is 9.90. The number of halogens is 1. The molecule has 1 N–H and O–H groups in total. The lowest BCUT2D eigenvalue weighted by Crippen LogP contribution is -2.22. The molecule has 0 aliphatic heterocycles. The molecule has 21 heavy (non-hydrogen) atoms. The topological polar surface area (TPSA) is 53.4 Å². The van der Waals surface area contributed by atoms with Crippen molar-refractivity contribution in [2.24, 2.45) is 0 Å². The van der Waals surface area contributed by atoms with Crippen LogP contribution in [-0.4, -0.2) is 34.0 Å². The normalized spacial score (nSPS) is 11.0. The van der Waals surface area contributed by atoms with Gasteiger partial charge in [-0.15, -0.1) is 11.3 Å². The molecule has 0 atom stereocenters. The summed E-state index contributed by atoms with van der Waals surface area (Å²) in [4.78, 5) is 18.4. The molecule has 0 bridgehead atoms. The lowest BCUT2D eigenvalue weighted by molar-refractivity contribution is 0.0689. The van der Waals surface area contributed by atoms with Gasteiger partial charge in [-0.05, 0) is 37.4 Å². The molecule has 4 nitrogen and oxygen atoms in total. The molecule has 0 saturated heterocycles. The molecule has 2 aromatic rings. The highest BCUT2D eigenvalue weighted by atomic mass is 32.1. The first-order valence-electron chi connectivity index (χ1n) is 6.76. The predicted molar refractivity (Wildman–Crippen MR) is 81.1 cm³/mol. The summed E-state index contributed by atoms with van der Waals surface area (Å²) in [6, 6.07) is 5.92. The lowest BCUT2D eigenvalue weighted by atomic mass is 10.2. The molecule has 1 aromatic heterocycles. The number of benzene rings is 1. The van der Waals surface area contributed by atoms with Crippen molar-refractivity contribution in [2.45, 2.75) is 20.4 Å². The van der Waals surface area contributed by atoms with Gasteiger partial charge in [-0.2, -0.15) is 0 Å². The molecule has 112 valence electrons. The van der Waals surface area contributed by atoms with E-state index in [2.05, 4.69) is 9.88 Å². The van der Waals surface area contributed by atoms with E-state index in [1.165, 1.54) is 23.5 Å². The van der Waals surface area contributed by atoms with E-state index in [-0.39, 0.29) is 11.5 Å². The van der Waals surface area contributed by atoms with E-state index >= 15 is 0 Å². The number of hydrogen-bond acceptors (Lipinski definition) is 4. The van der Waals surface area contributed by atoms with Crippen LogP contribution in [0.15, 0.2) is 24.3 Å². The number of carboxylic acids is 1. The fraction of sp³-hybridized carbons (Fsp3) is 0.333. The summed E-state index contributed by atoms with van der Waals surface area (Å²) < 4.78 is 13.0. The third kappa shape index (κ3) is 3.65. The molecule has 1 heterocycles. The summed E-state index contributed by atoms with van der Waals surface area (Å²) in [5.41, 5.74) is 0.820. The molecule has 1 aromatic carbocycles. The van der Waals surface area contributed by atoms with Crippen LogP contribution in [0.3, 0.4) is 0 Å². The molecule has 2 rings (SSSR count). The fourth-order valence-electron chi connectivity index (χ4n) is 1.99. The molecule has 0 aliphatic carbocycles. The summed E-state index contributed by atoms with van der Waals surface area (Å²) in [7, 11) is 0. The Balaban J connectivity index is 2.36. The molecule has 0 saturated carbocycles. The Labute approximate surface area is 126 Å². The van der Waals surface area contributed by atoms with Crippen LogP contribution in [0.5, 0.6) is 0 Å². The highest BCUT2D eigenvalue weighted by Crippen LogP contribution is 2.29. The van der Waals surface area contributed by atoms with E-state index < -0.39 is 5.97 Å². The Morgan fingerprint density at radius 1 is 1.29 bits per heavy atom. The van der Waals surface area contributed by atoms with Crippen LogP contribution in [0, 0.1) is 5.82 Å². The van der Waals surface area contributed by atoms with E-state index in [4.69, 9.17) is 0 Å². The number of carbonyl (C=O) groups is 1. The number of thiazole rings is 1. The minimum atomic E-state index is -1.03. The lowest BCUT2D eigenvalue weighted by Gasteiger charge is -2.16. The van der Waals surface area contributed by atoms with E-state index in [1.807, 2.05) is 13.8 Å². The molecule has 0 unspecified atom stereocenters. The Hall–Kier alpha value is -1.79. The van der Waals surface area contributed by atoms with Crippen molar-refractivity contribution in [1.29, 1.82) is 0 Å². The highest BCUT2D eigenvalue weighted by Gasteiger charge is 2.19. The van der Waals surface area contributed by atoms with Crippen molar-refractivity contribution in [2.75, 3.05) is 13.1 Å². The highest BCUT2D eigenvalue weighted by molar-refractivity contribution is 7.15. The van der Waals surface area contributed by atoms with E-state index in [0.29, 0.717) is 11.6 Å². The van der Waals surface area contributed by atoms with Crippen molar-refractivity contribution < 1.29 is 14.3 Å². The first-order chi connectivity index (χ1) is 10.0. The molecule has 0 radical (unpaired) electrons. The number of hydrogen-bond donors (Lipinski definition) is 1. The molecule has 0 amide bonds. The van der Waals surface area contributed by atoms with Gasteiger partial charge in [-0.1, -0.05) is 13.8 Å². The zero-order valence-corrected chi connectivity index (χ0v) is 12.8.